The van der Waals surface area contributed by atoms with E-state index >= 15 is 0 Å². The van der Waals surface area contributed by atoms with Crippen LogP contribution in [0, 0.1) is 5.41 Å². The van der Waals surface area contributed by atoms with Crippen molar-refractivity contribution in [2.75, 3.05) is 11.9 Å². The quantitative estimate of drug-likeness (QED) is 0.928. The van der Waals surface area contributed by atoms with Crippen LogP contribution in [0.25, 0.3) is 0 Å². The molecule has 1 aliphatic heterocycles. The van der Waals surface area contributed by atoms with Crippen molar-refractivity contribution in [2.24, 2.45) is 5.41 Å². The van der Waals surface area contributed by atoms with Gasteiger partial charge in [0.1, 0.15) is 11.9 Å². The minimum Gasteiger partial charge on any atom is -0.331 e. The van der Waals surface area contributed by atoms with E-state index in [4.69, 9.17) is 0 Å². The number of nitrogens with zero attached hydrogens (tertiary/aromatic N) is 2. The lowest BCUT2D eigenvalue weighted by atomic mass is 9.91. The van der Waals surface area contributed by atoms with Crippen LogP contribution in [0.3, 0.4) is 0 Å². The molecule has 2 amide bonds. The summed E-state index contributed by atoms with van der Waals surface area (Å²) in [6, 6.07) is 3.44. The number of nitrogens with one attached hydrogen (secondary N) is 1. The average molecular weight is 317 g/mol. The van der Waals surface area contributed by atoms with E-state index in [0.29, 0.717) is 18.8 Å². The van der Waals surface area contributed by atoms with Gasteiger partial charge in [-0.2, -0.15) is 0 Å². The molecule has 1 saturated heterocycles. The van der Waals surface area contributed by atoms with Crippen LogP contribution in [0.1, 0.15) is 52.5 Å². The van der Waals surface area contributed by atoms with Crippen molar-refractivity contribution in [1.82, 2.24) is 9.88 Å². The Morgan fingerprint density at radius 1 is 1.39 bits per heavy atom. The topological polar surface area (TPSA) is 62.3 Å². The Labute approximate surface area is 138 Å². The normalized spacial score (nSPS) is 18.1. The zero-order chi connectivity index (χ0) is 17.0. The Bertz CT molecular complexity index is 578. The van der Waals surface area contributed by atoms with Gasteiger partial charge < -0.3 is 10.2 Å². The van der Waals surface area contributed by atoms with Gasteiger partial charge in [-0.1, -0.05) is 33.8 Å². The molecule has 1 atom stereocenters. The molecular weight excluding hydrogens is 290 g/mol. The Hall–Kier alpha value is -1.91. The molecule has 5 nitrogen and oxygen atoms in total. The van der Waals surface area contributed by atoms with Gasteiger partial charge in [-0.3, -0.25) is 9.59 Å². The second-order valence-corrected chi connectivity index (χ2v) is 7.34. The van der Waals surface area contributed by atoms with E-state index in [2.05, 4.69) is 10.3 Å². The first-order chi connectivity index (χ1) is 10.8. The molecule has 5 heteroatoms. The summed E-state index contributed by atoms with van der Waals surface area (Å²) < 4.78 is 0. The first-order valence-corrected chi connectivity index (χ1v) is 8.36. The van der Waals surface area contributed by atoms with Crippen LogP contribution in [0.15, 0.2) is 18.3 Å². The summed E-state index contributed by atoms with van der Waals surface area (Å²) in [5, 5.41) is 2.91. The number of hydrogen-bond acceptors (Lipinski definition) is 3. The highest BCUT2D eigenvalue weighted by atomic mass is 16.2. The summed E-state index contributed by atoms with van der Waals surface area (Å²) in [6.07, 6.45) is 4.53. The molecule has 0 radical (unpaired) electrons. The van der Waals surface area contributed by atoms with Gasteiger partial charge in [0.05, 0.1) is 0 Å². The zero-order valence-corrected chi connectivity index (χ0v) is 14.6. The van der Waals surface area contributed by atoms with Crippen molar-refractivity contribution in [3.63, 3.8) is 0 Å². The SMILES string of the molecule is CCc1cccnc1NC(=O)C1CCCN1C(=O)CC(C)(C)C. The third-order valence-corrected chi connectivity index (χ3v) is 4.07. The molecule has 1 fully saturated rings. The molecular formula is C18H27N3O2. The summed E-state index contributed by atoms with van der Waals surface area (Å²) in [6.45, 7) is 8.81. The Morgan fingerprint density at radius 2 is 2.13 bits per heavy atom. The Kier molecular flexibility index (Phi) is 5.39. The fourth-order valence-corrected chi connectivity index (χ4v) is 2.93. The number of hydrogen-bond donors (Lipinski definition) is 1. The second-order valence-electron chi connectivity index (χ2n) is 7.34. The maximum atomic E-state index is 12.6. The number of likely N-dealkylation sites (tertiary alicyclic amines) is 1. The molecule has 1 unspecified atom stereocenters. The van der Waals surface area contributed by atoms with Gasteiger partial charge in [0.25, 0.3) is 0 Å². The minimum absolute atomic E-state index is 0.0619. The van der Waals surface area contributed by atoms with Crippen LogP contribution in [-0.4, -0.2) is 34.3 Å². The third kappa shape index (κ3) is 4.53. The number of aryl methyl sites for hydroxylation is 1. The van der Waals surface area contributed by atoms with E-state index in [-0.39, 0.29) is 23.3 Å². The van der Waals surface area contributed by atoms with Crippen molar-refractivity contribution in [3.8, 4) is 0 Å². The van der Waals surface area contributed by atoms with Gasteiger partial charge in [-0.25, -0.2) is 4.98 Å². The predicted molar refractivity (Wildman–Crippen MR) is 91.1 cm³/mol. The molecule has 1 N–H and O–H groups in total. The highest BCUT2D eigenvalue weighted by Gasteiger charge is 2.35. The van der Waals surface area contributed by atoms with E-state index in [1.165, 1.54) is 0 Å². The standard InChI is InChI=1S/C18H27N3O2/c1-5-13-8-6-10-19-16(13)20-17(23)14-9-7-11-21(14)15(22)12-18(2,3)4/h6,8,10,14H,5,7,9,11-12H2,1-4H3,(H,19,20,23). The number of carbonyl (C=O) groups excluding carboxylic acids is 2. The smallest absolute Gasteiger partial charge is 0.248 e. The number of carbonyl (C=O) groups is 2. The van der Waals surface area contributed by atoms with Crippen LogP contribution < -0.4 is 5.32 Å². The average Bonchev–Trinajstić information content (AvgIpc) is 2.95. The van der Waals surface area contributed by atoms with Gasteiger partial charge in [0, 0.05) is 19.2 Å². The lowest BCUT2D eigenvalue weighted by molar-refractivity contribution is -0.138. The number of aromatic nitrogens is 1. The lowest BCUT2D eigenvalue weighted by Gasteiger charge is -2.27. The summed E-state index contributed by atoms with van der Waals surface area (Å²) in [5.74, 6) is 0.542. The second kappa shape index (κ2) is 7.11. The molecule has 1 aromatic heterocycles. The van der Waals surface area contributed by atoms with E-state index in [0.717, 1.165) is 24.8 Å². The molecule has 1 aromatic rings. The number of anilines is 1. The number of pyridine rings is 1. The van der Waals surface area contributed by atoms with Gasteiger partial charge in [0.2, 0.25) is 11.8 Å². The van der Waals surface area contributed by atoms with Crippen LogP contribution in [-0.2, 0) is 16.0 Å². The molecule has 0 bridgehead atoms. The third-order valence-electron chi connectivity index (χ3n) is 4.07. The first-order valence-electron chi connectivity index (χ1n) is 8.36. The molecule has 23 heavy (non-hydrogen) atoms. The van der Waals surface area contributed by atoms with E-state index in [9.17, 15) is 9.59 Å². The van der Waals surface area contributed by atoms with Crippen LogP contribution in [0.2, 0.25) is 0 Å². The Balaban J connectivity index is 2.07. The van der Waals surface area contributed by atoms with E-state index in [1.54, 1.807) is 11.1 Å². The van der Waals surface area contributed by atoms with Gasteiger partial charge in [0.15, 0.2) is 0 Å². The summed E-state index contributed by atoms with van der Waals surface area (Å²) in [7, 11) is 0. The molecule has 0 aromatic carbocycles. The maximum absolute atomic E-state index is 12.6. The van der Waals surface area contributed by atoms with Crippen molar-refractivity contribution < 1.29 is 9.59 Å². The van der Waals surface area contributed by atoms with Crippen molar-refractivity contribution >= 4 is 17.6 Å². The monoisotopic (exact) mass is 317 g/mol. The maximum Gasteiger partial charge on any atom is 0.248 e. The molecule has 2 heterocycles. The molecule has 0 aliphatic carbocycles. The van der Waals surface area contributed by atoms with Crippen LogP contribution in [0.4, 0.5) is 5.82 Å². The van der Waals surface area contributed by atoms with Crippen molar-refractivity contribution in [3.05, 3.63) is 23.9 Å². The van der Waals surface area contributed by atoms with Gasteiger partial charge in [-0.05, 0) is 36.3 Å². The zero-order valence-electron chi connectivity index (χ0n) is 14.6. The largest absolute Gasteiger partial charge is 0.331 e. The van der Waals surface area contributed by atoms with Crippen LogP contribution >= 0.6 is 0 Å². The van der Waals surface area contributed by atoms with Gasteiger partial charge >= 0.3 is 0 Å². The lowest BCUT2D eigenvalue weighted by Crippen LogP contribution is -2.44. The highest BCUT2D eigenvalue weighted by molar-refractivity contribution is 5.97. The highest BCUT2D eigenvalue weighted by Crippen LogP contribution is 2.25. The number of amides is 2. The van der Waals surface area contributed by atoms with Crippen molar-refractivity contribution in [1.29, 1.82) is 0 Å². The van der Waals surface area contributed by atoms with Crippen LogP contribution in [0.5, 0.6) is 0 Å². The molecule has 1 aliphatic rings. The summed E-state index contributed by atoms with van der Waals surface area (Å²) in [5.41, 5.74) is 0.934. The predicted octanol–water partition coefficient (Wildman–Crippen LogP) is 3.01. The Morgan fingerprint density at radius 3 is 2.78 bits per heavy atom. The molecule has 126 valence electrons. The number of rotatable bonds is 4. The van der Waals surface area contributed by atoms with Crippen molar-refractivity contribution in [2.45, 2.75) is 59.4 Å². The first kappa shape index (κ1) is 17.4. The summed E-state index contributed by atoms with van der Waals surface area (Å²) >= 11 is 0. The minimum atomic E-state index is -0.378. The van der Waals surface area contributed by atoms with E-state index < -0.39 is 0 Å². The molecule has 0 saturated carbocycles. The van der Waals surface area contributed by atoms with E-state index in [1.807, 2.05) is 39.8 Å². The van der Waals surface area contributed by atoms with Gasteiger partial charge in [-0.15, -0.1) is 0 Å². The molecule has 0 spiro atoms. The fraction of sp³-hybridized carbons (Fsp3) is 0.611. The summed E-state index contributed by atoms with van der Waals surface area (Å²) in [4.78, 5) is 31.1. The molecule has 2 rings (SSSR count). The fourth-order valence-electron chi connectivity index (χ4n) is 2.93.